The molecule has 0 amide bonds. The van der Waals surface area contributed by atoms with Crippen LogP contribution in [0, 0.1) is 0 Å². The van der Waals surface area contributed by atoms with Crippen LogP contribution in [-0.4, -0.2) is 11.5 Å². The summed E-state index contributed by atoms with van der Waals surface area (Å²) >= 11 is 0. The molecule has 3 heterocycles. The fourth-order valence-electron chi connectivity index (χ4n) is 6.68. The predicted octanol–water partition coefficient (Wildman–Crippen LogP) is 11.3. The number of nitrogens with one attached hydrogen (secondary N) is 1. The van der Waals surface area contributed by atoms with Crippen molar-refractivity contribution < 1.29 is 4.42 Å². The Morgan fingerprint density at radius 1 is 0.511 bits per heavy atom. The van der Waals surface area contributed by atoms with E-state index >= 15 is 0 Å². The van der Waals surface area contributed by atoms with E-state index in [1.54, 1.807) is 0 Å². The average Bonchev–Trinajstić information content (AvgIpc) is 3.16. The number of anilines is 1. The van der Waals surface area contributed by atoms with Gasteiger partial charge in [-0.25, -0.2) is 4.98 Å². The molecule has 0 atom stereocenters. The molecule has 0 saturated carbocycles. The summed E-state index contributed by atoms with van der Waals surface area (Å²) in [7, 11) is 0. The van der Waals surface area contributed by atoms with E-state index in [9.17, 15) is 0 Å². The average molecular weight is 577 g/mol. The number of fused-ring (bicyclic) bond motifs is 10. The van der Waals surface area contributed by atoms with Gasteiger partial charge in [0, 0.05) is 28.3 Å². The number of hydrogen-bond donors (Lipinski definition) is 1. The van der Waals surface area contributed by atoms with Crippen molar-refractivity contribution in [2.24, 2.45) is 0 Å². The van der Waals surface area contributed by atoms with Crippen LogP contribution >= 0.6 is 0 Å². The van der Waals surface area contributed by atoms with Crippen molar-refractivity contribution in [2.45, 2.75) is 0 Å². The van der Waals surface area contributed by atoms with Gasteiger partial charge < -0.3 is 9.73 Å². The van der Waals surface area contributed by atoms with Crippen LogP contribution < -0.4 is 5.32 Å². The Bertz CT molecular complexity index is 2540. The van der Waals surface area contributed by atoms with Gasteiger partial charge >= 0.3 is 0 Å². The summed E-state index contributed by atoms with van der Waals surface area (Å²) in [5.74, 6) is 0. The molecular weight excluding hydrogens is 548 g/mol. The first kappa shape index (κ1) is 25.6. The Labute approximate surface area is 260 Å². The summed E-state index contributed by atoms with van der Waals surface area (Å²) in [6.45, 7) is 0.821. The molecule has 3 nitrogen and oxygen atoms in total. The number of aromatic nitrogens is 1. The molecule has 0 bridgehead atoms. The van der Waals surface area contributed by atoms with E-state index in [4.69, 9.17) is 9.40 Å². The number of benzene rings is 6. The molecule has 0 aliphatic carbocycles. The van der Waals surface area contributed by atoms with E-state index in [1.807, 2.05) is 6.07 Å². The minimum Gasteiger partial charge on any atom is -0.456 e. The van der Waals surface area contributed by atoms with Crippen LogP contribution in [0.25, 0.3) is 82.8 Å². The highest BCUT2D eigenvalue weighted by Crippen LogP contribution is 2.35. The molecule has 0 saturated heterocycles. The summed E-state index contributed by atoms with van der Waals surface area (Å²) < 4.78 is 6.80. The highest BCUT2D eigenvalue weighted by Gasteiger charge is 2.12. The zero-order valence-electron chi connectivity index (χ0n) is 24.5. The van der Waals surface area contributed by atoms with Crippen molar-refractivity contribution in [3.63, 3.8) is 0 Å². The lowest BCUT2D eigenvalue weighted by Gasteiger charge is -2.15. The van der Waals surface area contributed by atoms with Gasteiger partial charge in [-0.05, 0) is 62.5 Å². The van der Waals surface area contributed by atoms with Crippen molar-refractivity contribution in [1.29, 1.82) is 0 Å². The lowest BCUT2D eigenvalue weighted by Crippen LogP contribution is -2.05. The molecule has 212 valence electrons. The van der Waals surface area contributed by atoms with Crippen LogP contribution in [0.4, 0.5) is 5.69 Å². The summed E-state index contributed by atoms with van der Waals surface area (Å²) in [4.78, 5) is 5.09. The molecule has 1 N–H and O–H groups in total. The highest BCUT2D eigenvalue weighted by atomic mass is 16.3. The minimum absolute atomic E-state index is 0.821. The second-order valence-corrected chi connectivity index (χ2v) is 11.6. The minimum atomic E-state index is 0.821. The van der Waals surface area contributed by atoms with Crippen LogP contribution in [0.15, 0.2) is 150 Å². The smallest absolute Gasteiger partial charge is 0.135 e. The van der Waals surface area contributed by atoms with Crippen LogP contribution in [-0.2, 0) is 0 Å². The summed E-state index contributed by atoms with van der Waals surface area (Å²) in [6.07, 6.45) is 4.31. The molecule has 0 spiro atoms. The van der Waals surface area contributed by atoms with E-state index < -0.39 is 0 Å². The summed E-state index contributed by atoms with van der Waals surface area (Å²) in [5, 5.41) is 11.5. The third-order valence-electron chi connectivity index (χ3n) is 8.92. The largest absolute Gasteiger partial charge is 0.456 e. The fraction of sp³-hybridized carbons (Fsp3) is 0.0238. The molecule has 9 rings (SSSR count). The van der Waals surface area contributed by atoms with Gasteiger partial charge in [-0.2, -0.15) is 0 Å². The quantitative estimate of drug-likeness (QED) is 0.222. The topological polar surface area (TPSA) is 38.1 Å². The van der Waals surface area contributed by atoms with Crippen LogP contribution in [0.1, 0.15) is 5.56 Å². The molecule has 6 aromatic carbocycles. The van der Waals surface area contributed by atoms with Crippen molar-refractivity contribution in [3.8, 4) is 22.4 Å². The molecular formula is C42H28N2O. The molecule has 3 heteroatoms. The van der Waals surface area contributed by atoms with E-state index in [2.05, 4.69) is 151 Å². The molecule has 1 aliphatic heterocycles. The summed E-state index contributed by atoms with van der Waals surface area (Å²) in [6, 6.07) is 49.4. The van der Waals surface area contributed by atoms with Crippen molar-refractivity contribution in [3.05, 3.63) is 151 Å². The maximum absolute atomic E-state index is 6.80. The predicted molar refractivity (Wildman–Crippen MR) is 190 cm³/mol. The molecule has 8 aromatic rings. The zero-order valence-corrected chi connectivity index (χ0v) is 24.5. The lowest BCUT2D eigenvalue weighted by molar-refractivity contribution is 0.663. The molecule has 45 heavy (non-hydrogen) atoms. The number of hydrogen-bond acceptors (Lipinski definition) is 3. The van der Waals surface area contributed by atoms with Crippen molar-refractivity contribution >= 4 is 66.1 Å². The van der Waals surface area contributed by atoms with Crippen molar-refractivity contribution in [1.82, 2.24) is 4.98 Å². The number of para-hydroxylation sites is 1. The number of nitrogens with zero attached hydrogens (tertiary/aromatic N) is 1. The van der Waals surface area contributed by atoms with Crippen molar-refractivity contribution in [2.75, 3.05) is 11.9 Å². The fourth-order valence-corrected chi connectivity index (χ4v) is 6.68. The standard InChI is InChI=1S/C42H28N2O/c1-3-11-34-32(9-1)33-10-2-4-12-35(33)37-23-21-31(26-40(37)45-39-14-6-5-13-36(34)39)27-15-17-28(18-16-27)38-24-22-30-20-19-29-8-7-25-43-41(29)42(30)44-38/h1-24,26,43H,25H2. The normalized spacial score (nSPS) is 12.4. The Morgan fingerprint density at radius 2 is 1.11 bits per heavy atom. The molecule has 0 unspecified atom stereocenters. The SMILES string of the molecule is C1=Cc2ccc3ccc(-c4ccc(-c5ccc6c(c5)oc5ccccc5c5ccccc5c5ccccc65)cc4)nc3c2NC1. The van der Waals surface area contributed by atoms with Gasteiger partial charge in [-0.15, -0.1) is 0 Å². The van der Waals surface area contributed by atoms with Gasteiger partial charge in [-0.3, -0.25) is 0 Å². The first-order valence-corrected chi connectivity index (χ1v) is 15.4. The van der Waals surface area contributed by atoms with Crippen LogP contribution in [0.2, 0.25) is 0 Å². The lowest BCUT2D eigenvalue weighted by atomic mass is 9.98. The Hall–Kier alpha value is -5.93. The van der Waals surface area contributed by atoms with E-state index in [-0.39, 0.29) is 0 Å². The van der Waals surface area contributed by atoms with Crippen LogP contribution in [0.3, 0.4) is 0 Å². The third-order valence-corrected chi connectivity index (χ3v) is 8.92. The first-order chi connectivity index (χ1) is 22.3. The number of rotatable bonds is 2. The second kappa shape index (κ2) is 10.4. The van der Waals surface area contributed by atoms with E-state index in [0.29, 0.717) is 0 Å². The Balaban J connectivity index is 1.21. The molecule has 0 radical (unpaired) electrons. The summed E-state index contributed by atoms with van der Waals surface area (Å²) in [5.41, 5.74) is 9.26. The van der Waals surface area contributed by atoms with Gasteiger partial charge in [-0.1, -0.05) is 127 Å². The molecule has 2 aromatic heterocycles. The van der Waals surface area contributed by atoms with Gasteiger partial charge in [0.15, 0.2) is 0 Å². The van der Waals surface area contributed by atoms with E-state index in [0.717, 1.165) is 72.8 Å². The van der Waals surface area contributed by atoms with Crippen LogP contribution in [0.5, 0.6) is 0 Å². The Kier molecular flexibility index (Phi) is 5.88. The molecule has 1 aliphatic rings. The third kappa shape index (κ3) is 4.32. The van der Waals surface area contributed by atoms with E-state index in [1.165, 1.54) is 21.7 Å². The first-order valence-electron chi connectivity index (χ1n) is 15.4. The maximum Gasteiger partial charge on any atom is 0.135 e. The monoisotopic (exact) mass is 576 g/mol. The van der Waals surface area contributed by atoms with Gasteiger partial charge in [0.2, 0.25) is 0 Å². The number of pyridine rings is 1. The maximum atomic E-state index is 6.80. The van der Waals surface area contributed by atoms with Gasteiger partial charge in [0.1, 0.15) is 11.2 Å². The highest BCUT2D eigenvalue weighted by molar-refractivity contribution is 6.18. The van der Waals surface area contributed by atoms with Gasteiger partial charge in [0.05, 0.1) is 16.9 Å². The van der Waals surface area contributed by atoms with Gasteiger partial charge in [0.25, 0.3) is 0 Å². The Morgan fingerprint density at radius 3 is 1.87 bits per heavy atom. The zero-order chi connectivity index (χ0) is 29.7. The molecule has 0 fully saturated rings. The second-order valence-electron chi connectivity index (χ2n) is 11.6.